The van der Waals surface area contributed by atoms with Crippen molar-refractivity contribution < 1.29 is 12.8 Å². The number of sulfonamides is 1. The Labute approximate surface area is 164 Å². The van der Waals surface area contributed by atoms with E-state index < -0.39 is 15.8 Å². The number of anilines is 2. The van der Waals surface area contributed by atoms with Gasteiger partial charge in [-0.3, -0.25) is 0 Å². The van der Waals surface area contributed by atoms with E-state index in [-0.39, 0.29) is 11.3 Å². The highest BCUT2D eigenvalue weighted by molar-refractivity contribution is 7.88. The van der Waals surface area contributed by atoms with Crippen LogP contribution in [0.5, 0.6) is 0 Å². The number of benzene rings is 1. The first-order chi connectivity index (χ1) is 13.5. The van der Waals surface area contributed by atoms with Crippen LogP contribution in [0.15, 0.2) is 36.5 Å². The zero-order valence-electron chi connectivity index (χ0n) is 15.7. The van der Waals surface area contributed by atoms with Crippen LogP contribution in [0.25, 0.3) is 0 Å². The average Bonchev–Trinajstić information content (AvgIpc) is 3.25. The van der Waals surface area contributed by atoms with Gasteiger partial charge in [0.05, 0.1) is 5.75 Å². The molecule has 150 valence electrons. The summed E-state index contributed by atoms with van der Waals surface area (Å²) in [6.45, 7) is 3.77. The van der Waals surface area contributed by atoms with E-state index in [9.17, 15) is 12.8 Å². The van der Waals surface area contributed by atoms with Gasteiger partial charge in [0.1, 0.15) is 11.6 Å². The quantitative estimate of drug-likeness (QED) is 0.756. The lowest BCUT2D eigenvalue weighted by Gasteiger charge is -2.35. The molecule has 3 heterocycles. The molecule has 0 radical (unpaired) electrons. The Morgan fingerprint density at radius 2 is 1.64 bits per heavy atom. The molecule has 28 heavy (non-hydrogen) atoms. The number of nitrogens with zero attached hydrogens (tertiary/aromatic N) is 5. The molecule has 2 aromatic rings. The Kier molecular flexibility index (Phi) is 5.45. The van der Waals surface area contributed by atoms with Crippen molar-refractivity contribution in [3.63, 3.8) is 0 Å². The first-order valence-electron chi connectivity index (χ1n) is 9.57. The van der Waals surface area contributed by atoms with Gasteiger partial charge in [-0.1, -0.05) is 18.2 Å². The minimum atomic E-state index is -3.56. The van der Waals surface area contributed by atoms with E-state index >= 15 is 0 Å². The molecule has 0 aliphatic carbocycles. The van der Waals surface area contributed by atoms with Gasteiger partial charge in [-0.25, -0.2) is 17.8 Å². The molecule has 2 saturated heterocycles. The van der Waals surface area contributed by atoms with E-state index in [1.54, 1.807) is 18.3 Å². The predicted octanol–water partition coefficient (Wildman–Crippen LogP) is 1.87. The van der Waals surface area contributed by atoms with Gasteiger partial charge >= 0.3 is 0 Å². The maximum Gasteiger partial charge on any atom is 0.227 e. The van der Waals surface area contributed by atoms with Crippen molar-refractivity contribution in [2.45, 2.75) is 18.6 Å². The van der Waals surface area contributed by atoms with Gasteiger partial charge in [0, 0.05) is 51.0 Å². The van der Waals surface area contributed by atoms with Crippen LogP contribution in [-0.2, 0) is 15.8 Å². The second kappa shape index (κ2) is 8.00. The number of rotatable bonds is 5. The molecule has 4 rings (SSSR count). The molecule has 2 aliphatic heterocycles. The Bertz CT molecular complexity index is 925. The van der Waals surface area contributed by atoms with Crippen molar-refractivity contribution in [2.75, 3.05) is 49.1 Å². The highest BCUT2D eigenvalue weighted by atomic mass is 32.2. The van der Waals surface area contributed by atoms with Crippen molar-refractivity contribution in [3.05, 3.63) is 47.9 Å². The molecule has 1 aromatic carbocycles. The second-order valence-corrected chi connectivity index (χ2v) is 9.11. The molecular weight excluding hydrogens is 381 g/mol. The van der Waals surface area contributed by atoms with Gasteiger partial charge in [0.15, 0.2) is 0 Å². The summed E-state index contributed by atoms with van der Waals surface area (Å²) >= 11 is 0. The molecule has 2 aliphatic rings. The van der Waals surface area contributed by atoms with Gasteiger partial charge in [-0.2, -0.15) is 9.29 Å². The third-order valence-electron chi connectivity index (χ3n) is 5.27. The standard InChI is InChI=1S/C19H24FN5O2S/c20-17-6-2-1-5-16(17)15-28(26,27)25-13-11-23(12-14-25)18-7-8-21-19(22-18)24-9-3-4-10-24/h1-2,5-8H,3-4,9-15H2. The highest BCUT2D eigenvalue weighted by Gasteiger charge is 2.28. The summed E-state index contributed by atoms with van der Waals surface area (Å²) in [6, 6.07) is 7.88. The first-order valence-corrected chi connectivity index (χ1v) is 11.2. The molecule has 9 heteroatoms. The molecule has 7 nitrogen and oxygen atoms in total. The van der Waals surface area contributed by atoms with E-state index in [1.165, 1.54) is 16.4 Å². The number of piperazine rings is 1. The van der Waals surface area contributed by atoms with Crippen LogP contribution < -0.4 is 9.80 Å². The molecule has 0 spiro atoms. The summed E-state index contributed by atoms with van der Waals surface area (Å²) in [5.41, 5.74) is 0.205. The molecule has 2 fully saturated rings. The monoisotopic (exact) mass is 405 g/mol. The number of hydrogen-bond donors (Lipinski definition) is 0. The summed E-state index contributed by atoms with van der Waals surface area (Å²) < 4.78 is 40.6. The van der Waals surface area contributed by atoms with Crippen LogP contribution in [0.3, 0.4) is 0 Å². The lowest BCUT2D eigenvalue weighted by Crippen LogP contribution is -2.49. The summed E-state index contributed by atoms with van der Waals surface area (Å²) in [5, 5.41) is 0. The zero-order valence-corrected chi connectivity index (χ0v) is 16.5. The van der Waals surface area contributed by atoms with Crippen molar-refractivity contribution in [2.24, 2.45) is 0 Å². The fourth-order valence-electron chi connectivity index (χ4n) is 3.68. The number of hydrogen-bond acceptors (Lipinski definition) is 6. The van der Waals surface area contributed by atoms with Crippen LogP contribution >= 0.6 is 0 Å². The molecule has 0 amide bonds. The van der Waals surface area contributed by atoms with E-state index in [4.69, 9.17) is 0 Å². The van der Waals surface area contributed by atoms with Crippen molar-refractivity contribution in [1.29, 1.82) is 0 Å². The van der Waals surface area contributed by atoms with Gasteiger partial charge in [0.25, 0.3) is 0 Å². The molecule has 0 atom stereocenters. The molecule has 0 unspecified atom stereocenters. The predicted molar refractivity (Wildman–Crippen MR) is 106 cm³/mol. The van der Waals surface area contributed by atoms with Crippen LogP contribution in [0.4, 0.5) is 16.2 Å². The van der Waals surface area contributed by atoms with Gasteiger partial charge in [-0.15, -0.1) is 0 Å². The molecule has 0 N–H and O–H groups in total. The topological polar surface area (TPSA) is 69.6 Å². The lowest BCUT2D eigenvalue weighted by molar-refractivity contribution is 0.383. The number of halogens is 1. The normalized spacial score (nSPS) is 18.6. The molecular formula is C19H24FN5O2S. The Balaban J connectivity index is 1.40. The molecule has 0 saturated carbocycles. The summed E-state index contributed by atoms with van der Waals surface area (Å²) in [4.78, 5) is 13.3. The fourth-order valence-corrected chi connectivity index (χ4v) is 5.21. The maximum absolute atomic E-state index is 13.8. The van der Waals surface area contributed by atoms with Gasteiger partial charge in [0.2, 0.25) is 16.0 Å². The SMILES string of the molecule is O=S(=O)(Cc1ccccc1F)N1CCN(c2ccnc(N3CCCC3)n2)CC1. The smallest absolute Gasteiger partial charge is 0.227 e. The Morgan fingerprint density at radius 3 is 2.36 bits per heavy atom. The van der Waals surface area contributed by atoms with E-state index in [1.807, 2.05) is 6.07 Å². The summed E-state index contributed by atoms with van der Waals surface area (Å²) in [5.74, 6) is 0.763. The van der Waals surface area contributed by atoms with Crippen LogP contribution in [0.2, 0.25) is 0 Å². The van der Waals surface area contributed by atoms with Crippen molar-refractivity contribution in [1.82, 2.24) is 14.3 Å². The van der Waals surface area contributed by atoms with E-state index in [0.717, 1.165) is 37.7 Å². The highest BCUT2D eigenvalue weighted by Crippen LogP contribution is 2.21. The zero-order chi connectivity index (χ0) is 19.6. The average molecular weight is 405 g/mol. The van der Waals surface area contributed by atoms with Gasteiger partial charge in [-0.05, 0) is 25.0 Å². The lowest BCUT2D eigenvalue weighted by atomic mass is 10.2. The third kappa shape index (κ3) is 4.10. The van der Waals surface area contributed by atoms with E-state index in [0.29, 0.717) is 26.2 Å². The minimum Gasteiger partial charge on any atom is -0.354 e. The molecule has 1 aromatic heterocycles. The third-order valence-corrected chi connectivity index (χ3v) is 7.10. The fraction of sp³-hybridized carbons (Fsp3) is 0.474. The van der Waals surface area contributed by atoms with Crippen molar-refractivity contribution >= 4 is 21.8 Å². The Morgan fingerprint density at radius 1 is 0.929 bits per heavy atom. The van der Waals surface area contributed by atoms with Crippen LogP contribution in [-0.4, -0.2) is 62.0 Å². The Hall–Kier alpha value is -2.26. The minimum absolute atomic E-state index is 0.205. The van der Waals surface area contributed by atoms with Crippen molar-refractivity contribution in [3.8, 4) is 0 Å². The maximum atomic E-state index is 13.8. The first kappa shape index (κ1) is 19.1. The van der Waals surface area contributed by atoms with E-state index in [2.05, 4.69) is 19.8 Å². The summed E-state index contributed by atoms with van der Waals surface area (Å²) in [7, 11) is -3.56. The van der Waals surface area contributed by atoms with Crippen LogP contribution in [0.1, 0.15) is 18.4 Å². The van der Waals surface area contributed by atoms with Crippen LogP contribution in [0, 0.1) is 5.82 Å². The van der Waals surface area contributed by atoms with Gasteiger partial charge < -0.3 is 9.80 Å². The number of aromatic nitrogens is 2. The largest absolute Gasteiger partial charge is 0.354 e. The summed E-state index contributed by atoms with van der Waals surface area (Å²) in [6.07, 6.45) is 4.08. The molecule has 0 bridgehead atoms. The second-order valence-electron chi connectivity index (χ2n) is 7.14.